The van der Waals surface area contributed by atoms with E-state index >= 15 is 0 Å². The van der Waals surface area contributed by atoms with Crippen LogP contribution in [0.5, 0.6) is 0 Å². The van der Waals surface area contributed by atoms with Crippen LogP contribution in [-0.4, -0.2) is 113 Å². The Hall–Kier alpha value is -0.200. The lowest BCUT2D eigenvalue weighted by Gasteiger charge is -2.63. The Kier molecular flexibility index (Phi) is 102. The van der Waals surface area contributed by atoms with E-state index < -0.39 is 0 Å². The van der Waals surface area contributed by atoms with Crippen LogP contribution in [0.1, 0.15) is 436 Å². The first-order chi connectivity index (χ1) is 47.4. The molecule has 5 nitrogen and oxygen atoms in total. The number of likely N-dealkylation sites (tertiary alicyclic amines) is 2. The molecule has 3 aliphatic carbocycles. The maximum atomic E-state index is 3.27. The molecule has 102 heavy (non-hydrogen) atoms. The number of rotatable bonds is 32. The Morgan fingerprint density at radius 1 is 0.363 bits per heavy atom. The van der Waals surface area contributed by atoms with Crippen LogP contribution in [-0.2, 0) is 0 Å². The van der Waals surface area contributed by atoms with E-state index in [4.69, 9.17) is 0 Å². The molecule has 6 rings (SSSR count). The number of hydrogen-bond donors (Lipinski definition) is 1. The minimum absolute atomic E-state index is 0.833. The van der Waals surface area contributed by atoms with Crippen molar-refractivity contribution in [2.45, 2.75) is 436 Å². The largest absolute Gasteiger partial charge is 0.316 e. The highest BCUT2D eigenvalue weighted by atomic mass is 15.2. The van der Waals surface area contributed by atoms with Gasteiger partial charge in [-0.1, -0.05) is 359 Å². The minimum atomic E-state index is 0.833. The molecule has 1 N–H and O–H groups in total. The molecule has 0 amide bonds. The Morgan fingerprint density at radius 3 is 0.873 bits per heavy atom. The molecule has 2 bridgehead atoms. The number of hydrogen-bond acceptors (Lipinski definition) is 5. The van der Waals surface area contributed by atoms with Crippen LogP contribution >= 0.6 is 0 Å². The quantitative estimate of drug-likeness (QED) is 0.0677. The molecule has 3 saturated carbocycles. The molecule has 6 aliphatic rings. The van der Waals surface area contributed by atoms with Gasteiger partial charge in [0.05, 0.1) is 0 Å². The van der Waals surface area contributed by atoms with Crippen molar-refractivity contribution in [1.29, 1.82) is 0 Å². The standard InChI is InChI=1S/C11H23N.2C9H21N.C9H16.C8H17N.C7H15N.3C7H16.3C5H12.2C4H10/c1-11(2)7-6-10-12-8-4-3-5-9-12;1-9(2)7-5-6-8-10(3)4;1-5-10(6-2)8-7-9(3)4;1-7(2)3-9-4-8(5-9)6-9;1-7(2)4-8-5-9(3)6-8;1-6(2)3-7-4-8-5-7;3*1-4-5-6-7(2)3;3*1-4-5(2)3;2*1-4(2)3/h11H,3-10H2,1-2H3;2*9H,5-8H2,1-4H3;7-8H,3-6H2,1-2H3;7-8H,4-6H2,1-3H3;6-8H,3-5H2,1-2H3;3*7H,4-6H2,1-3H3;3*5H,4H2,1-3H3;2*4H,1-3H3. The molecule has 0 atom stereocenters. The number of nitrogens with zero attached hydrogens (tertiary/aromatic N) is 4. The summed E-state index contributed by atoms with van der Waals surface area (Å²) >= 11 is 0. The van der Waals surface area contributed by atoms with Crippen LogP contribution in [0.4, 0.5) is 0 Å². The van der Waals surface area contributed by atoms with Gasteiger partial charge < -0.3 is 24.9 Å². The van der Waals surface area contributed by atoms with Gasteiger partial charge in [-0.05, 0) is 263 Å². The van der Waals surface area contributed by atoms with Gasteiger partial charge in [0.2, 0.25) is 0 Å². The highest BCUT2D eigenvalue weighted by Gasteiger charge is 2.55. The third-order valence-corrected chi connectivity index (χ3v) is 18.7. The fourth-order valence-corrected chi connectivity index (χ4v) is 11.3. The van der Waals surface area contributed by atoms with Crippen molar-refractivity contribution in [3.63, 3.8) is 0 Å². The zero-order chi connectivity index (χ0) is 81.2. The molecular formula is C97H217N5. The van der Waals surface area contributed by atoms with Gasteiger partial charge in [0.1, 0.15) is 0 Å². The third-order valence-electron chi connectivity index (χ3n) is 18.7. The first-order valence-corrected chi connectivity index (χ1v) is 45.9. The second kappa shape index (κ2) is 86.4. The molecular weight excluding hydrogens is 1240 g/mol. The van der Waals surface area contributed by atoms with Crippen molar-refractivity contribution >= 4 is 0 Å². The monoisotopic (exact) mass is 1450 g/mol. The van der Waals surface area contributed by atoms with E-state index in [1.807, 2.05) is 0 Å². The molecule has 630 valence electrons. The highest BCUT2D eigenvalue weighted by Crippen LogP contribution is 2.67. The van der Waals surface area contributed by atoms with Gasteiger partial charge in [0.25, 0.3) is 0 Å². The topological polar surface area (TPSA) is 25.0 Å². The molecule has 0 aromatic heterocycles. The zero-order valence-corrected chi connectivity index (χ0v) is 80.5. The minimum Gasteiger partial charge on any atom is -0.316 e. The van der Waals surface area contributed by atoms with Gasteiger partial charge in [-0.3, -0.25) is 0 Å². The Morgan fingerprint density at radius 2 is 0.676 bits per heavy atom. The van der Waals surface area contributed by atoms with Crippen molar-refractivity contribution < 1.29 is 0 Å². The summed E-state index contributed by atoms with van der Waals surface area (Å²) in [6, 6.07) is 0. The maximum absolute atomic E-state index is 3.27. The molecule has 6 fully saturated rings. The van der Waals surface area contributed by atoms with Crippen molar-refractivity contribution in [3.05, 3.63) is 0 Å². The molecule has 0 aromatic carbocycles. The second-order valence-electron chi connectivity index (χ2n) is 39.3. The van der Waals surface area contributed by atoms with E-state index in [-0.39, 0.29) is 0 Å². The van der Waals surface area contributed by atoms with Gasteiger partial charge in [-0.15, -0.1) is 0 Å². The SMILES string of the molecule is CC(C)C.CC(C)C.CC(C)CC12CC(C1)C2.CC(C)CC1CN(C)C1.CC(C)CC1CNC1.CC(C)CCCCN(C)C.CC(C)CCCN1CCCCC1.CCC(C)C.CCC(C)C.CCC(C)C.CCCCC(C)C.CCCCC(C)C.CCCCC(C)C.CCN(CC)CCC(C)C. The molecule has 3 heterocycles. The fourth-order valence-electron chi connectivity index (χ4n) is 11.3. The van der Waals surface area contributed by atoms with Crippen molar-refractivity contribution in [2.24, 2.45) is 106 Å². The molecule has 0 unspecified atom stereocenters. The van der Waals surface area contributed by atoms with E-state index in [9.17, 15) is 0 Å². The predicted octanol–water partition coefficient (Wildman–Crippen LogP) is 31.3. The second-order valence-corrected chi connectivity index (χ2v) is 39.3. The highest BCUT2D eigenvalue weighted by molar-refractivity contribution is 5.06. The van der Waals surface area contributed by atoms with Crippen LogP contribution in [0.2, 0.25) is 0 Å². The summed E-state index contributed by atoms with van der Waals surface area (Å²) in [6.07, 6.45) is 38.0. The van der Waals surface area contributed by atoms with E-state index in [1.54, 1.807) is 19.3 Å². The average Bonchev–Trinajstić information content (AvgIpc) is 0.729. The van der Waals surface area contributed by atoms with E-state index in [2.05, 4.69) is 309 Å². The van der Waals surface area contributed by atoms with Gasteiger partial charge in [0, 0.05) is 13.1 Å². The third kappa shape index (κ3) is 121. The van der Waals surface area contributed by atoms with Gasteiger partial charge in [-0.2, -0.15) is 0 Å². The fraction of sp³-hybridized carbons (Fsp3) is 1.00. The van der Waals surface area contributed by atoms with Crippen LogP contribution in [0.3, 0.4) is 0 Å². The Balaban J connectivity index is -0.000000132. The normalized spacial score (nSPS) is 16.6. The summed E-state index contributed by atoms with van der Waals surface area (Å²) in [5.74, 6) is 15.5. The molecule has 3 aliphatic heterocycles. The zero-order valence-electron chi connectivity index (χ0n) is 80.5. The summed E-state index contributed by atoms with van der Waals surface area (Å²) in [6.45, 7) is 99.5. The van der Waals surface area contributed by atoms with Gasteiger partial charge in [-0.25, -0.2) is 0 Å². The summed E-state index contributed by atoms with van der Waals surface area (Å²) in [5.41, 5.74) is 0.888. The lowest BCUT2D eigenvalue weighted by atomic mass is 9.42. The molecule has 0 aromatic rings. The summed E-state index contributed by atoms with van der Waals surface area (Å²) in [4.78, 5) is 9.74. The summed E-state index contributed by atoms with van der Waals surface area (Å²) in [5, 5.41) is 3.27. The van der Waals surface area contributed by atoms with Crippen molar-refractivity contribution in [3.8, 4) is 0 Å². The van der Waals surface area contributed by atoms with Crippen LogP contribution in [0.25, 0.3) is 0 Å². The number of unbranched alkanes of at least 4 members (excludes halogenated alkanes) is 4. The van der Waals surface area contributed by atoms with Gasteiger partial charge in [0.15, 0.2) is 0 Å². The molecule has 3 saturated heterocycles. The summed E-state index contributed by atoms with van der Waals surface area (Å²) in [7, 11) is 6.46. The van der Waals surface area contributed by atoms with Crippen molar-refractivity contribution in [2.75, 3.05) is 93.1 Å². The lowest BCUT2D eigenvalue weighted by molar-refractivity contribution is -0.119. The number of piperidine rings is 1. The van der Waals surface area contributed by atoms with Crippen LogP contribution in [0, 0.1) is 106 Å². The first-order valence-electron chi connectivity index (χ1n) is 45.9. The van der Waals surface area contributed by atoms with E-state index in [0.717, 1.165) is 100 Å². The smallest absolute Gasteiger partial charge is 0.00191 e. The Labute approximate surface area is 656 Å². The lowest BCUT2D eigenvalue weighted by Crippen LogP contribution is -2.52. The van der Waals surface area contributed by atoms with Crippen LogP contribution in [0.15, 0.2) is 0 Å². The molecule has 0 radical (unpaired) electrons. The van der Waals surface area contributed by atoms with E-state index in [1.165, 1.54) is 232 Å². The van der Waals surface area contributed by atoms with Crippen LogP contribution < -0.4 is 5.32 Å². The predicted molar refractivity (Wildman–Crippen MR) is 484 cm³/mol. The average molecular weight is 1450 g/mol. The first kappa shape index (κ1) is 120. The Bertz CT molecular complexity index is 1350. The molecule has 0 spiro atoms. The number of nitrogens with one attached hydrogen (secondary N) is 1. The van der Waals surface area contributed by atoms with E-state index in [0.29, 0.717) is 0 Å². The van der Waals surface area contributed by atoms with Gasteiger partial charge >= 0.3 is 0 Å². The molecule has 5 heteroatoms. The summed E-state index contributed by atoms with van der Waals surface area (Å²) < 4.78 is 0. The maximum Gasteiger partial charge on any atom is 0.00191 e. The van der Waals surface area contributed by atoms with Crippen molar-refractivity contribution in [1.82, 2.24) is 24.9 Å².